The van der Waals surface area contributed by atoms with Gasteiger partial charge in [0.05, 0.1) is 0 Å². The molecule has 1 unspecified atom stereocenters. The van der Waals surface area contributed by atoms with Gasteiger partial charge < -0.3 is 0 Å². The van der Waals surface area contributed by atoms with E-state index in [0.717, 1.165) is 0 Å². The van der Waals surface area contributed by atoms with Crippen molar-refractivity contribution in [2.24, 2.45) is 0 Å². The quantitative estimate of drug-likeness (QED) is 0.547. The molecule has 0 saturated carbocycles. The normalized spacial score (nSPS) is 13.4. The standard InChI is InChI=1S/C3H8AsO2S/c1-3-4-7(2,5)6/h4H,1,3H2,2H3. The molecule has 1 radical (unpaired) electrons. The summed E-state index contributed by atoms with van der Waals surface area (Å²) in [5.41, 5.74) is 0. The Hall–Kier alpha value is 0.508. The predicted molar refractivity (Wildman–Crippen MR) is 32.2 cm³/mol. The summed E-state index contributed by atoms with van der Waals surface area (Å²) in [5.74, 6) is 0. The molecule has 0 N–H and O–H groups in total. The summed E-state index contributed by atoms with van der Waals surface area (Å²) >= 11 is -0.771. The van der Waals surface area contributed by atoms with Crippen LogP contribution in [-0.2, 0) is 8.10 Å². The molecule has 0 aromatic carbocycles. The molecule has 4 heteroatoms. The molecule has 0 fully saturated rings. The molecule has 0 aliphatic carbocycles. The summed E-state index contributed by atoms with van der Waals surface area (Å²) in [5, 5.41) is 0.596. The Bertz CT molecular complexity index is 126. The zero-order valence-electron chi connectivity index (χ0n) is 4.14. The van der Waals surface area contributed by atoms with Crippen molar-refractivity contribution in [1.82, 2.24) is 0 Å². The zero-order valence-corrected chi connectivity index (χ0v) is 7.05. The topological polar surface area (TPSA) is 34.1 Å². The molecule has 0 amide bonds. The first-order chi connectivity index (χ1) is 3.06. The van der Waals surface area contributed by atoms with Crippen LogP contribution in [0.1, 0.15) is 0 Å². The SMILES string of the molecule is [CH2]C[AsH]S(C)(=O)=O. The minimum atomic E-state index is -2.61. The fraction of sp³-hybridized carbons (Fsp3) is 0.667. The molecule has 0 heterocycles. The maximum atomic E-state index is 10.2. The van der Waals surface area contributed by atoms with Crippen LogP contribution < -0.4 is 0 Å². The van der Waals surface area contributed by atoms with Gasteiger partial charge in [0.1, 0.15) is 0 Å². The minimum absolute atomic E-state index is 0.596. The van der Waals surface area contributed by atoms with E-state index in [0.29, 0.717) is 5.21 Å². The fourth-order valence-electron chi connectivity index (χ4n) is 0.185. The van der Waals surface area contributed by atoms with Gasteiger partial charge in [0.2, 0.25) is 0 Å². The van der Waals surface area contributed by atoms with E-state index < -0.39 is 22.7 Å². The molecule has 0 bridgehead atoms. The van der Waals surface area contributed by atoms with Crippen molar-refractivity contribution in [3.05, 3.63) is 6.92 Å². The van der Waals surface area contributed by atoms with E-state index in [1.54, 1.807) is 0 Å². The molecule has 2 nitrogen and oxygen atoms in total. The number of rotatable bonds is 2. The van der Waals surface area contributed by atoms with E-state index in [1.165, 1.54) is 6.26 Å². The Morgan fingerprint density at radius 1 is 1.71 bits per heavy atom. The second-order valence-electron chi connectivity index (χ2n) is 1.17. The molecule has 0 rings (SSSR count). The van der Waals surface area contributed by atoms with Crippen LogP contribution in [0.15, 0.2) is 0 Å². The molecule has 0 aliphatic heterocycles. The van der Waals surface area contributed by atoms with Crippen LogP contribution in [0.3, 0.4) is 0 Å². The van der Waals surface area contributed by atoms with Crippen LogP contribution in [0.4, 0.5) is 0 Å². The molecule has 1 atom stereocenters. The Balaban J connectivity index is 3.60. The first kappa shape index (κ1) is 7.51. The summed E-state index contributed by atoms with van der Waals surface area (Å²) in [4.78, 5) is 0. The summed E-state index contributed by atoms with van der Waals surface area (Å²) < 4.78 is 20.5. The van der Waals surface area contributed by atoms with Crippen molar-refractivity contribution in [3.8, 4) is 0 Å². The fourth-order valence-corrected chi connectivity index (χ4v) is 2.89. The first-order valence-corrected chi connectivity index (χ1v) is 7.74. The van der Waals surface area contributed by atoms with Crippen molar-refractivity contribution < 1.29 is 8.42 Å². The van der Waals surface area contributed by atoms with Crippen molar-refractivity contribution >= 4 is 22.7 Å². The van der Waals surface area contributed by atoms with E-state index in [4.69, 9.17) is 0 Å². The third-order valence-corrected chi connectivity index (χ3v) is 5.68. The Morgan fingerprint density at radius 2 is 2.14 bits per heavy atom. The monoisotopic (exact) mass is 183 g/mol. The molecular formula is C3H8AsO2S. The molecule has 0 spiro atoms. The third-order valence-electron chi connectivity index (χ3n) is 0.364. The van der Waals surface area contributed by atoms with Gasteiger partial charge in [0.15, 0.2) is 0 Å². The maximum absolute atomic E-state index is 10.2. The number of hydrogen-bond acceptors (Lipinski definition) is 2. The van der Waals surface area contributed by atoms with Crippen LogP contribution in [0.2, 0.25) is 5.21 Å². The van der Waals surface area contributed by atoms with Crippen molar-refractivity contribution in [3.63, 3.8) is 0 Å². The van der Waals surface area contributed by atoms with Crippen LogP contribution in [-0.4, -0.2) is 29.3 Å². The van der Waals surface area contributed by atoms with Crippen molar-refractivity contribution in [1.29, 1.82) is 0 Å². The average Bonchev–Trinajstić information content (AvgIpc) is 1.30. The summed E-state index contributed by atoms with van der Waals surface area (Å²) in [7, 11) is -2.61. The molecule has 0 saturated heterocycles. The molecule has 0 aromatic rings. The van der Waals surface area contributed by atoms with Gasteiger partial charge in [-0.25, -0.2) is 0 Å². The van der Waals surface area contributed by atoms with Gasteiger partial charge in [0.25, 0.3) is 0 Å². The Labute approximate surface area is 49.9 Å². The third kappa shape index (κ3) is 6.51. The van der Waals surface area contributed by atoms with Gasteiger partial charge >= 0.3 is 49.5 Å². The van der Waals surface area contributed by atoms with E-state index >= 15 is 0 Å². The van der Waals surface area contributed by atoms with Crippen LogP contribution in [0.5, 0.6) is 0 Å². The molecular weight excluding hydrogens is 175 g/mol. The van der Waals surface area contributed by atoms with E-state index in [9.17, 15) is 8.42 Å². The summed E-state index contributed by atoms with van der Waals surface area (Å²) in [6, 6.07) is 0. The van der Waals surface area contributed by atoms with E-state index in [2.05, 4.69) is 6.92 Å². The van der Waals surface area contributed by atoms with E-state index in [1.807, 2.05) is 0 Å². The Morgan fingerprint density at radius 3 is 2.14 bits per heavy atom. The zero-order chi connectivity index (χ0) is 5.91. The second kappa shape index (κ2) is 2.73. The second-order valence-corrected chi connectivity index (χ2v) is 10.5. The molecule has 7 heavy (non-hydrogen) atoms. The van der Waals surface area contributed by atoms with Gasteiger partial charge in [-0.15, -0.1) is 0 Å². The van der Waals surface area contributed by atoms with Gasteiger partial charge in [-0.2, -0.15) is 0 Å². The van der Waals surface area contributed by atoms with Crippen LogP contribution >= 0.6 is 0 Å². The summed E-state index contributed by atoms with van der Waals surface area (Å²) in [6.07, 6.45) is 1.26. The molecule has 43 valence electrons. The van der Waals surface area contributed by atoms with Gasteiger partial charge in [0, 0.05) is 0 Å². The van der Waals surface area contributed by atoms with Crippen LogP contribution in [0.25, 0.3) is 0 Å². The predicted octanol–water partition coefficient (Wildman–Crippen LogP) is -0.365. The average molecular weight is 183 g/mol. The summed E-state index contributed by atoms with van der Waals surface area (Å²) in [6.45, 7) is 3.45. The van der Waals surface area contributed by atoms with Gasteiger partial charge in [-0.05, 0) is 0 Å². The van der Waals surface area contributed by atoms with E-state index in [-0.39, 0.29) is 0 Å². The first-order valence-electron chi connectivity index (χ1n) is 1.80. The van der Waals surface area contributed by atoms with Crippen LogP contribution in [0, 0.1) is 6.92 Å². The molecule has 0 aromatic heterocycles. The van der Waals surface area contributed by atoms with Crippen molar-refractivity contribution in [2.45, 2.75) is 5.21 Å². The van der Waals surface area contributed by atoms with Gasteiger partial charge in [-0.1, -0.05) is 0 Å². The van der Waals surface area contributed by atoms with Gasteiger partial charge in [-0.3, -0.25) is 0 Å². The molecule has 0 aliphatic rings. The Kier molecular flexibility index (Phi) is 2.93. The number of hydrogen-bond donors (Lipinski definition) is 0. The van der Waals surface area contributed by atoms with Crippen molar-refractivity contribution in [2.75, 3.05) is 6.26 Å².